The maximum absolute atomic E-state index is 10.4. The van der Waals surface area contributed by atoms with E-state index in [0.29, 0.717) is 0 Å². The molecule has 1 aromatic rings. The molecule has 0 aliphatic carbocycles. The second-order valence-electron chi connectivity index (χ2n) is 6.32. The van der Waals surface area contributed by atoms with E-state index in [4.69, 9.17) is 4.55 Å². The molecular weight excluding hydrogens is 320 g/mol. The van der Waals surface area contributed by atoms with Crippen LogP contribution in [0.25, 0.3) is 0 Å². The van der Waals surface area contributed by atoms with E-state index in [2.05, 4.69) is 13.8 Å². The van der Waals surface area contributed by atoms with Gasteiger partial charge in [0.1, 0.15) is 0 Å². The van der Waals surface area contributed by atoms with Gasteiger partial charge in [-0.25, -0.2) is 0 Å². The molecule has 0 saturated carbocycles. The third-order valence-corrected chi connectivity index (χ3v) is 4.87. The summed E-state index contributed by atoms with van der Waals surface area (Å²) >= 11 is 0. The van der Waals surface area contributed by atoms with Crippen LogP contribution in [0.2, 0.25) is 0 Å². The lowest BCUT2D eigenvalue weighted by Crippen LogP contribution is -1.96. The summed E-state index contributed by atoms with van der Waals surface area (Å²) in [5.41, 5.74) is 0. The molecule has 0 atom stereocenters. The largest absolute Gasteiger partial charge is 0.294 e. The first-order valence-corrected chi connectivity index (χ1v) is 11.0. The van der Waals surface area contributed by atoms with Crippen molar-refractivity contribution in [2.75, 3.05) is 0 Å². The molecule has 3 nitrogen and oxygen atoms in total. The monoisotopic (exact) mass is 356 g/mol. The van der Waals surface area contributed by atoms with Gasteiger partial charge in [0.2, 0.25) is 0 Å². The summed E-state index contributed by atoms with van der Waals surface area (Å²) in [4.78, 5) is -0.0741. The smallest absolute Gasteiger partial charge is 0.282 e. The summed E-state index contributed by atoms with van der Waals surface area (Å²) in [6.07, 6.45) is 17.4. The lowest BCUT2D eigenvalue weighted by molar-refractivity contribution is 0.483. The minimum atomic E-state index is -4.00. The van der Waals surface area contributed by atoms with E-state index in [9.17, 15) is 8.42 Å². The predicted molar refractivity (Wildman–Crippen MR) is 103 cm³/mol. The van der Waals surface area contributed by atoms with Gasteiger partial charge in [0.25, 0.3) is 10.1 Å². The number of rotatable bonds is 12. The third-order valence-electron chi connectivity index (χ3n) is 4.00. The Bertz CT molecular complexity index is 457. The van der Waals surface area contributed by atoms with E-state index in [1.165, 1.54) is 89.2 Å². The quantitative estimate of drug-likeness (QED) is 0.337. The molecule has 1 aromatic carbocycles. The van der Waals surface area contributed by atoms with Crippen LogP contribution in [0, 0.1) is 0 Å². The van der Waals surface area contributed by atoms with Crippen LogP contribution in [0.1, 0.15) is 90.9 Å². The molecule has 0 unspecified atom stereocenters. The fourth-order valence-corrected chi connectivity index (χ4v) is 3.01. The Balaban J connectivity index is 0.000000463. The molecule has 1 N–H and O–H groups in total. The van der Waals surface area contributed by atoms with Crippen LogP contribution >= 0.6 is 0 Å². The fraction of sp³-hybridized carbons (Fsp3) is 0.700. The zero-order valence-electron chi connectivity index (χ0n) is 15.5. The van der Waals surface area contributed by atoms with Crippen LogP contribution in [-0.4, -0.2) is 13.0 Å². The molecule has 140 valence electrons. The van der Waals surface area contributed by atoms with E-state index in [0.717, 1.165) is 0 Å². The lowest BCUT2D eigenvalue weighted by Gasteiger charge is -2.01. The van der Waals surface area contributed by atoms with Crippen molar-refractivity contribution in [2.24, 2.45) is 0 Å². The Morgan fingerprint density at radius 1 is 0.667 bits per heavy atom. The van der Waals surface area contributed by atoms with Crippen molar-refractivity contribution in [2.45, 2.75) is 95.8 Å². The molecule has 4 heteroatoms. The second kappa shape index (κ2) is 15.6. The first-order valence-electron chi connectivity index (χ1n) is 9.54. The Hall–Kier alpha value is -0.870. The molecule has 0 heterocycles. The molecule has 0 aromatic heterocycles. The summed E-state index contributed by atoms with van der Waals surface area (Å²) in [5, 5.41) is 0. The van der Waals surface area contributed by atoms with Crippen molar-refractivity contribution in [3.63, 3.8) is 0 Å². The summed E-state index contributed by atoms with van der Waals surface area (Å²) in [6, 6.07) is 7.42. The summed E-state index contributed by atoms with van der Waals surface area (Å²) in [6.45, 7) is 4.57. The topological polar surface area (TPSA) is 54.4 Å². The van der Waals surface area contributed by atoms with Gasteiger partial charge in [0, 0.05) is 0 Å². The van der Waals surface area contributed by atoms with Gasteiger partial charge in [0.05, 0.1) is 4.90 Å². The zero-order chi connectivity index (χ0) is 18.1. The highest BCUT2D eigenvalue weighted by atomic mass is 32.2. The molecule has 0 saturated heterocycles. The Kier molecular flexibility index (Phi) is 15.1. The Labute approximate surface area is 149 Å². The molecule has 0 spiro atoms. The molecular formula is C20H36O3S. The van der Waals surface area contributed by atoms with Crippen molar-refractivity contribution in [3.05, 3.63) is 30.3 Å². The second-order valence-corrected chi connectivity index (χ2v) is 7.75. The normalized spacial score (nSPS) is 11.0. The fourth-order valence-electron chi connectivity index (χ4n) is 2.51. The van der Waals surface area contributed by atoms with Crippen molar-refractivity contribution >= 4 is 10.1 Å². The van der Waals surface area contributed by atoms with Crippen molar-refractivity contribution < 1.29 is 13.0 Å². The minimum absolute atomic E-state index is 0.0741. The van der Waals surface area contributed by atoms with Gasteiger partial charge in [-0.2, -0.15) is 8.42 Å². The summed E-state index contributed by atoms with van der Waals surface area (Å²) in [5.74, 6) is 0. The first kappa shape index (κ1) is 23.1. The number of unbranched alkanes of at least 4 members (excludes halogenated alkanes) is 11. The molecule has 0 radical (unpaired) electrons. The lowest BCUT2D eigenvalue weighted by atomic mass is 10.1. The molecule has 1 rings (SSSR count). The van der Waals surface area contributed by atoms with Crippen LogP contribution in [0.5, 0.6) is 0 Å². The minimum Gasteiger partial charge on any atom is -0.282 e. The van der Waals surface area contributed by atoms with E-state index < -0.39 is 10.1 Å². The maximum Gasteiger partial charge on any atom is 0.294 e. The first-order chi connectivity index (χ1) is 11.5. The molecule has 0 fully saturated rings. The van der Waals surface area contributed by atoms with Crippen molar-refractivity contribution in [1.29, 1.82) is 0 Å². The predicted octanol–water partition coefficient (Wildman–Crippen LogP) is 6.64. The highest BCUT2D eigenvalue weighted by molar-refractivity contribution is 7.85. The average Bonchev–Trinajstić information content (AvgIpc) is 2.57. The summed E-state index contributed by atoms with van der Waals surface area (Å²) < 4.78 is 29.2. The highest BCUT2D eigenvalue weighted by Gasteiger charge is 2.05. The molecule has 24 heavy (non-hydrogen) atoms. The molecule has 0 aliphatic heterocycles. The van der Waals surface area contributed by atoms with E-state index in [-0.39, 0.29) is 4.90 Å². The molecule has 0 bridgehead atoms. The van der Waals surface area contributed by atoms with Gasteiger partial charge in [-0.15, -0.1) is 0 Å². The Morgan fingerprint density at radius 3 is 1.25 bits per heavy atom. The summed E-state index contributed by atoms with van der Waals surface area (Å²) in [7, 11) is -4.00. The van der Waals surface area contributed by atoms with Crippen molar-refractivity contribution in [3.8, 4) is 0 Å². The average molecular weight is 357 g/mol. The number of hydrogen-bond donors (Lipinski definition) is 1. The van der Waals surface area contributed by atoms with Crippen LogP contribution in [-0.2, 0) is 10.1 Å². The maximum atomic E-state index is 10.4. The number of hydrogen-bond acceptors (Lipinski definition) is 2. The van der Waals surface area contributed by atoms with Gasteiger partial charge in [-0.05, 0) is 12.1 Å². The Morgan fingerprint density at radius 2 is 1.00 bits per heavy atom. The van der Waals surface area contributed by atoms with Crippen LogP contribution in [0.3, 0.4) is 0 Å². The van der Waals surface area contributed by atoms with Crippen molar-refractivity contribution in [1.82, 2.24) is 0 Å². The number of benzene rings is 1. The van der Waals surface area contributed by atoms with E-state index in [1.54, 1.807) is 18.2 Å². The zero-order valence-corrected chi connectivity index (χ0v) is 16.4. The van der Waals surface area contributed by atoms with Crippen LogP contribution < -0.4 is 0 Å². The SMILES string of the molecule is CCCCCCCCCCCCCC.O=S(=O)(O)c1ccccc1. The van der Waals surface area contributed by atoms with Gasteiger partial charge in [-0.3, -0.25) is 4.55 Å². The molecule has 0 aliphatic rings. The van der Waals surface area contributed by atoms with Gasteiger partial charge >= 0.3 is 0 Å². The standard InChI is InChI=1S/C14H30.C6H6O3S/c1-3-5-7-9-11-13-14-12-10-8-6-4-2;7-10(8,9)6-4-2-1-3-5-6/h3-14H2,1-2H3;1-5H,(H,7,8,9). The van der Waals surface area contributed by atoms with Crippen LogP contribution in [0.4, 0.5) is 0 Å². The van der Waals surface area contributed by atoms with E-state index >= 15 is 0 Å². The third kappa shape index (κ3) is 14.7. The van der Waals surface area contributed by atoms with Gasteiger partial charge < -0.3 is 0 Å². The van der Waals surface area contributed by atoms with Gasteiger partial charge in [0.15, 0.2) is 0 Å². The highest BCUT2D eigenvalue weighted by Crippen LogP contribution is 2.11. The van der Waals surface area contributed by atoms with Crippen LogP contribution in [0.15, 0.2) is 35.2 Å². The van der Waals surface area contributed by atoms with Gasteiger partial charge in [-0.1, -0.05) is 109 Å². The molecule has 0 amide bonds. The van der Waals surface area contributed by atoms with E-state index in [1.807, 2.05) is 0 Å².